The van der Waals surface area contributed by atoms with E-state index in [1.807, 2.05) is 31.4 Å². The fourth-order valence-corrected chi connectivity index (χ4v) is 3.97. The summed E-state index contributed by atoms with van der Waals surface area (Å²) in [6, 6.07) is 2.63. The first-order chi connectivity index (χ1) is 12.4. The Kier molecular flexibility index (Phi) is 5.38. The Bertz CT molecular complexity index is 773. The Morgan fingerprint density at radius 2 is 2.19 bits per heavy atom. The molecular weight excluding hydrogens is 354 g/mol. The van der Waals surface area contributed by atoms with Crippen molar-refractivity contribution in [3.8, 4) is 10.6 Å². The predicted octanol–water partition coefficient (Wildman–Crippen LogP) is 0.911. The highest BCUT2D eigenvalue weighted by molar-refractivity contribution is 7.13. The average molecular weight is 377 g/mol. The van der Waals surface area contributed by atoms with Crippen molar-refractivity contribution in [2.45, 2.75) is 38.5 Å². The number of likely N-dealkylation sites (N-methyl/N-ethyl adjacent to an activating group) is 1. The van der Waals surface area contributed by atoms with Gasteiger partial charge in [0.15, 0.2) is 0 Å². The second kappa shape index (κ2) is 7.55. The molecule has 0 bridgehead atoms. The van der Waals surface area contributed by atoms with Gasteiger partial charge in [-0.1, -0.05) is 25.1 Å². The zero-order chi connectivity index (χ0) is 18.8. The van der Waals surface area contributed by atoms with E-state index in [1.165, 1.54) is 11.9 Å². The van der Waals surface area contributed by atoms with Crippen LogP contribution in [0.3, 0.4) is 0 Å². The molecule has 2 N–H and O–H groups in total. The summed E-state index contributed by atoms with van der Waals surface area (Å²) in [4.78, 5) is 27.8. The number of aliphatic hydroxyl groups excluding tert-OH is 1. The van der Waals surface area contributed by atoms with Gasteiger partial charge >= 0.3 is 0 Å². The van der Waals surface area contributed by atoms with Crippen LogP contribution in [0, 0.1) is 5.92 Å². The highest BCUT2D eigenvalue weighted by atomic mass is 32.1. The van der Waals surface area contributed by atoms with E-state index in [0.717, 1.165) is 4.88 Å². The summed E-state index contributed by atoms with van der Waals surface area (Å²) in [5.41, 5.74) is 0.711. The second-order valence-corrected chi connectivity index (χ2v) is 7.71. The fourth-order valence-electron chi connectivity index (χ4n) is 3.30. The molecule has 3 unspecified atom stereocenters. The molecule has 0 radical (unpaired) electrons. The highest BCUT2D eigenvalue weighted by Crippen LogP contribution is 2.28. The monoisotopic (exact) mass is 377 g/mol. The SMILES string of the molecule is CNC(=O)C1CC(O)CN1C(=O)C(C(C)C)n1cc(-c2cccs2)nn1. The molecule has 26 heavy (non-hydrogen) atoms. The molecule has 1 fully saturated rings. The van der Waals surface area contributed by atoms with Crippen LogP contribution in [-0.4, -0.2) is 62.6 Å². The van der Waals surface area contributed by atoms with Gasteiger partial charge in [0.25, 0.3) is 0 Å². The first-order valence-electron chi connectivity index (χ1n) is 8.58. The molecule has 1 aliphatic heterocycles. The normalized spacial score (nSPS) is 21.2. The maximum absolute atomic E-state index is 13.2. The molecule has 1 saturated heterocycles. The molecule has 2 aromatic rings. The number of carbonyl (C=O) groups is 2. The van der Waals surface area contributed by atoms with Crippen molar-refractivity contribution in [3.63, 3.8) is 0 Å². The van der Waals surface area contributed by atoms with E-state index in [2.05, 4.69) is 15.6 Å². The third kappa shape index (κ3) is 3.49. The van der Waals surface area contributed by atoms with Crippen LogP contribution < -0.4 is 5.32 Å². The van der Waals surface area contributed by atoms with Crippen molar-refractivity contribution < 1.29 is 14.7 Å². The van der Waals surface area contributed by atoms with Crippen molar-refractivity contribution in [2.75, 3.05) is 13.6 Å². The number of hydrogen-bond acceptors (Lipinski definition) is 6. The summed E-state index contributed by atoms with van der Waals surface area (Å²) in [7, 11) is 1.53. The smallest absolute Gasteiger partial charge is 0.248 e. The first-order valence-corrected chi connectivity index (χ1v) is 9.46. The number of nitrogens with one attached hydrogen (secondary N) is 1. The third-order valence-corrected chi connectivity index (χ3v) is 5.46. The molecule has 2 amide bonds. The minimum atomic E-state index is -0.702. The number of carbonyl (C=O) groups excluding carboxylic acids is 2. The summed E-state index contributed by atoms with van der Waals surface area (Å²) in [5.74, 6) is -0.550. The number of likely N-dealkylation sites (tertiary alicyclic amines) is 1. The number of β-amino-alcohol motifs (C(OH)–C–C–N with tert-alkyl or cyclic N) is 1. The van der Waals surface area contributed by atoms with Crippen LogP contribution in [0.1, 0.15) is 26.3 Å². The molecule has 3 rings (SSSR count). The number of amides is 2. The van der Waals surface area contributed by atoms with Crippen LogP contribution in [0.2, 0.25) is 0 Å². The van der Waals surface area contributed by atoms with E-state index in [1.54, 1.807) is 22.2 Å². The van der Waals surface area contributed by atoms with Crippen LogP contribution in [0.25, 0.3) is 10.6 Å². The van der Waals surface area contributed by atoms with Crippen LogP contribution in [0.4, 0.5) is 0 Å². The number of hydrogen-bond donors (Lipinski definition) is 2. The van der Waals surface area contributed by atoms with E-state index in [9.17, 15) is 14.7 Å². The Labute approximate surface area is 155 Å². The fraction of sp³-hybridized carbons (Fsp3) is 0.529. The minimum absolute atomic E-state index is 0.0523. The molecule has 0 saturated carbocycles. The van der Waals surface area contributed by atoms with Gasteiger partial charge in [-0.3, -0.25) is 9.59 Å². The Hall–Kier alpha value is -2.26. The lowest BCUT2D eigenvalue weighted by atomic mass is 10.0. The highest BCUT2D eigenvalue weighted by Gasteiger charge is 2.42. The van der Waals surface area contributed by atoms with E-state index in [4.69, 9.17) is 0 Å². The molecule has 0 aromatic carbocycles. The number of nitrogens with zero attached hydrogens (tertiary/aromatic N) is 4. The molecule has 8 nitrogen and oxygen atoms in total. The van der Waals surface area contributed by atoms with E-state index in [0.29, 0.717) is 5.69 Å². The average Bonchev–Trinajstić information content (AvgIpc) is 3.33. The van der Waals surface area contributed by atoms with Gasteiger partial charge in [0.1, 0.15) is 17.8 Å². The summed E-state index contributed by atoms with van der Waals surface area (Å²) in [5, 5.41) is 22.8. The zero-order valence-corrected chi connectivity index (χ0v) is 15.8. The van der Waals surface area contributed by atoms with Gasteiger partial charge in [-0.05, 0) is 17.4 Å². The molecule has 1 aliphatic rings. The number of rotatable bonds is 5. The van der Waals surface area contributed by atoms with Gasteiger partial charge < -0.3 is 15.3 Å². The first kappa shape index (κ1) is 18.5. The maximum Gasteiger partial charge on any atom is 0.248 e. The molecule has 0 spiro atoms. The van der Waals surface area contributed by atoms with Crippen LogP contribution >= 0.6 is 11.3 Å². The quantitative estimate of drug-likeness (QED) is 0.807. The summed E-state index contributed by atoms with van der Waals surface area (Å²) < 4.78 is 1.56. The maximum atomic E-state index is 13.2. The topological polar surface area (TPSA) is 100 Å². The van der Waals surface area contributed by atoms with E-state index in [-0.39, 0.29) is 30.7 Å². The Balaban J connectivity index is 1.88. The van der Waals surface area contributed by atoms with Gasteiger partial charge in [0, 0.05) is 20.0 Å². The third-order valence-electron chi connectivity index (χ3n) is 4.56. The van der Waals surface area contributed by atoms with Crippen LogP contribution in [0.15, 0.2) is 23.7 Å². The van der Waals surface area contributed by atoms with Crippen molar-refractivity contribution in [2.24, 2.45) is 5.92 Å². The molecule has 0 aliphatic carbocycles. The standard InChI is InChI=1S/C17H23N5O3S/c1-10(2)15(22-9-12(19-20-22)14-5-4-6-26-14)17(25)21-8-11(23)7-13(21)16(24)18-3/h4-6,9-11,13,15,23H,7-8H2,1-3H3,(H,18,24). The summed E-state index contributed by atoms with van der Waals surface area (Å²) in [6.07, 6.45) is 1.30. The van der Waals surface area contributed by atoms with Crippen molar-refractivity contribution in [1.82, 2.24) is 25.2 Å². The van der Waals surface area contributed by atoms with Crippen molar-refractivity contribution in [3.05, 3.63) is 23.7 Å². The number of aromatic nitrogens is 3. The summed E-state index contributed by atoms with van der Waals surface area (Å²) in [6.45, 7) is 4.00. The lowest BCUT2D eigenvalue weighted by Gasteiger charge is -2.29. The van der Waals surface area contributed by atoms with Crippen molar-refractivity contribution in [1.29, 1.82) is 0 Å². The molecule has 3 heterocycles. The molecule has 2 aromatic heterocycles. The number of aliphatic hydroxyl groups is 1. The van der Waals surface area contributed by atoms with Gasteiger partial charge in [0.05, 0.1) is 17.2 Å². The Morgan fingerprint density at radius 1 is 1.42 bits per heavy atom. The van der Waals surface area contributed by atoms with Gasteiger partial charge in [-0.2, -0.15) is 0 Å². The summed E-state index contributed by atoms with van der Waals surface area (Å²) >= 11 is 1.55. The number of thiophene rings is 1. The molecule has 3 atom stereocenters. The van der Waals surface area contributed by atoms with Gasteiger partial charge in [0.2, 0.25) is 11.8 Å². The molecular formula is C17H23N5O3S. The minimum Gasteiger partial charge on any atom is -0.391 e. The van der Waals surface area contributed by atoms with Crippen molar-refractivity contribution >= 4 is 23.2 Å². The van der Waals surface area contributed by atoms with Gasteiger partial charge in [-0.25, -0.2) is 4.68 Å². The van der Waals surface area contributed by atoms with E-state index >= 15 is 0 Å². The largest absolute Gasteiger partial charge is 0.391 e. The van der Waals surface area contributed by atoms with Crippen LogP contribution in [-0.2, 0) is 9.59 Å². The van der Waals surface area contributed by atoms with Crippen LogP contribution in [0.5, 0.6) is 0 Å². The lowest BCUT2D eigenvalue weighted by Crippen LogP contribution is -2.48. The van der Waals surface area contributed by atoms with Gasteiger partial charge in [-0.15, -0.1) is 16.4 Å². The lowest BCUT2D eigenvalue weighted by molar-refractivity contribution is -0.142. The molecule has 140 valence electrons. The zero-order valence-electron chi connectivity index (χ0n) is 15.0. The van der Waals surface area contributed by atoms with E-state index < -0.39 is 18.2 Å². The predicted molar refractivity (Wildman–Crippen MR) is 97.4 cm³/mol. The molecule has 9 heteroatoms. The Morgan fingerprint density at radius 3 is 2.81 bits per heavy atom. The second-order valence-electron chi connectivity index (χ2n) is 6.76.